The summed E-state index contributed by atoms with van der Waals surface area (Å²) in [6.45, 7) is 10.7. The Morgan fingerprint density at radius 2 is 1.83 bits per heavy atom. The van der Waals surface area contributed by atoms with Gasteiger partial charge in [-0.1, -0.05) is 20.8 Å². The molecule has 1 fully saturated rings. The molecule has 0 unspecified atom stereocenters. The maximum absolute atomic E-state index is 4.46. The standard InChI is InChI=1S/C16H24N6S/c1-16(2,3)12-10-17-15(23-12)20-13-9-14(19-11-18-13)22-7-5-21(4)6-8-22/h9-11H,5-8H2,1-4H3,(H,17,18,19,20). The van der Waals surface area contributed by atoms with Crippen LogP contribution in [-0.2, 0) is 5.41 Å². The van der Waals surface area contributed by atoms with E-state index in [0.717, 1.165) is 42.9 Å². The van der Waals surface area contributed by atoms with Gasteiger partial charge in [0.1, 0.15) is 18.0 Å². The molecule has 7 heteroatoms. The molecule has 0 amide bonds. The van der Waals surface area contributed by atoms with Crippen LogP contribution in [0, 0.1) is 0 Å². The van der Waals surface area contributed by atoms with Crippen LogP contribution in [0.15, 0.2) is 18.6 Å². The Balaban J connectivity index is 1.71. The first kappa shape index (κ1) is 16.1. The first-order valence-electron chi connectivity index (χ1n) is 7.91. The number of rotatable bonds is 3. The average Bonchev–Trinajstić information content (AvgIpc) is 2.97. The zero-order chi connectivity index (χ0) is 16.4. The van der Waals surface area contributed by atoms with Gasteiger partial charge in [0.25, 0.3) is 0 Å². The van der Waals surface area contributed by atoms with Crippen molar-refractivity contribution in [2.75, 3.05) is 43.4 Å². The van der Waals surface area contributed by atoms with Gasteiger partial charge in [0.05, 0.1) is 0 Å². The molecule has 124 valence electrons. The van der Waals surface area contributed by atoms with Gasteiger partial charge in [0.15, 0.2) is 5.13 Å². The maximum atomic E-state index is 4.46. The molecular formula is C16H24N6S. The van der Waals surface area contributed by atoms with Gasteiger partial charge in [0, 0.05) is 43.3 Å². The SMILES string of the molecule is CN1CCN(c2cc(Nc3ncc(C(C)(C)C)s3)ncn2)CC1. The highest BCUT2D eigenvalue weighted by atomic mass is 32.1. The number of piperazine rings is 1. The fourth-order valence-electron chi connectivity index (χ4n) is 2.41. The van der Waals surface area contributed by atoms with E-state index in [0.29, 0.717) is 0 Å². The summed E-state index contributed by atoms with van der Waals surface area (Å²) in [6, 6.07) is 2.00. The number of hydrogen-bond acceptors (Lipinski definition) is 7. The lowest BCUT2D eigenvalue weighted by Gasteiger charge is -2.33. The largest absolute Gasteiger partial charge is 0.354 e. The fraction of sp³-hybridized carbons (Fsp3) is 0.562. The average molecular weight is 332 g/mol. The summed E-state index contributed by atoms with van der Waals surface area (Å²) in [7, 11) is 2.15. The highest BCUT2D eigenvalue weighted by molar-refractivity contribution is 7.15. The van der Waals surface area contributed by atoms with E-state index in [4.69, 9.17) is 0 Å². The van der Waals surface area contributed by atoms with Crippen LogP contribution in [0.5, 0.6) is 0 Å². The lowest BCUT2D eigenvalue weighted by atomic mass is 9.96. The van der Waals surface area contributed by atoms with E-state index >= 15 is 0 Å². The van der Waals surface area contributed by atoms with Crippen LogP contribution in [0.2, 0.25) is 0 Å². The molecule has 1 aliphatic heterocycles. The molecule has 0 bridgehead atoms. The summed E-state index contributed by atoms with van der Waals surface area (Å²) < 4.78 is 0. The number of thiazole rings is 1. The van der Waals surface area contributed by atoms with Gasteiger partial charge in [-0.2, -0.15) is 0 Å². The van der Waals surface area contributed by atoms with Crippen molar-refractivity contribution in [3.8, 4) is 0 Å². The molecular weight excluding hydrogens is 308 g/mol. The number of likely N-dealkylation sites (N-methyl/N-ethyl adjacent to an activating group) is 1. The van der Waals surface area contributed by atoms with Gasteiger partial charge in [-0.3, -0.25) is 0 Å². The molecule has 3 rings (SSSR count). The van der Waals surface area contributed by atoms with Crippen molar-refractivity contribution < 1.29 is 0 Å². The van der Waals surface area contributed by atoms with Crippen LogP contribution in [0.1, 0.15) is 25.6 Å². The molecule has 0 spiro atoms. The molecule has 0 atom stereocenters. The number of nitrogens with zero attached hydrogens (tertiary/aromatic N) is 5. The zero-order valence-corrected chi connectivity index (χ0v) is 15.0. The van der Waals surface area contributed by atoms with Gasteiger partial charge < -0.3 is 15.1 Å². The molecule has 3 heterocycles. The molecule has 1 saturated heterocycles. The third kappa shape index (κ3) is 3.97. The van der Waals surface area contributed by atoms with E-state index in [2.05, 4.69) is 57.9 Å². The highest BCUT2D eigenvalue weighted by Crippen LogP contribution is 2.31. The molecule has 0 radical (unpaired) electrons. The topological polar surface area (TPSA) is 57.2 Å². The van der Waals surface area contributed by atoms with Crippen molar-refractivity contribution in [3.63, 3.8) is 0 Å². The first-order chi connectivity index (χ1) is 10.9. The van der Waals surface area contributed by atoms with Crippen LogP contribution >= 0.6 is 11.3 Å². The van der Waals surface area contributed by atoms with Crippen molar-refractivity contribution in [2.45, 2.75) is 26.2 Å². The van der Waals surface area contributed by atoms with Gasteiger partial charge in [-0.15, -0.1) is 11.3 Å². The van der Waals surface area contributed by atoms with Gasteiger partial charge >= 0.3 is 0 Å². The van der Waals surface area contributed by atoms with Crippen LogP contribution in [0.25, 0.3) is 0 Å². The quantitative estimate of drug-likeness (QED) is 0.933. The lowest BCUT2D eigenvalue weighted by molar-refractivity contribution is 0.312. The van der Waals surface area contributed by atoms with Crippen molar-refractivity contribution in [1.29, 1.82) is 0 Å². The second-order valence-corrected chi connectivity index (χ2v) is 7.99. The Labute approximate surface area is 141 Å². The van der Waals surface area contributed by atoms with Crippen molar-refractivity contribution >= 4 is 28.1 Å². The Kier molecular flexibility index (Phi) is 4.50. The molecule has 0 aliphatic carbocycles. The summed E-state index contributed by atoms with van der Waals surface area (Å²) in [5.41, 5.74) is 0.119. The predicted octanol–water partition coefficient (Wildman–Crippen LogP) is 2.73. The highest BCUT2D eigenvalue weighted by Gasteiger charge is 2.18. The second-order valence-electron chi connectivity index (χ2n) is 6.96. The van der Waals surface area contributed by atoms with Crippen molar-refractivity contribution in [1.82, 2.24) is 19.9 Å². The van der Waals surface area contributed by atoms with Crippen LogP contribution in [-0.4, -0.2) is 53.1 Å². The third-order valence-corrected chi connectivity index (χ3v) is 5.30. The molecule has 1 N–H and O–H groups in total. The molecule has 6 nitrogen and oxygen atoms in total. The zero-order valence-electron chi connectivity index (χ0n) is 14.2. The molecule has 23 heavy (non-hydrogen) atoms. The molecule has 2 aromatic rings. The Morgan fingerprint density at radius 1 is 1.09 bits per heavy atom. The van der Waals surface area contributed by atoms with Crippen LogP contribution < -0.4 is 10.2 Å². The predicted molar refractivity (Wildman–Crippen MR) is 95.8 cm³/mol. The third-order valence-electron chi connectivity index (χ3n) is 3.96. The monoisotopic (exact) mass is 332 g/mol. The van der Waals surface area contributed by atoms with E-state index in [1.165, 1.54) is 4.88 Å². The Hall–Kier alpha value is -1.73. The summed E-state index contributed by atoms with van der Waals surface area (Å²) in [5.74, 6) is 1.77. The number of hydrogen-bond donors (Lipinski definition) is 1. The Morgan fingerprint density at radius 3 is 2.48 bits per heavy atom. The summed E-state index contributed by atoms with van der Waals surface area (Å²) in [6.07, 6.45) is 3.56. The van der Waals surface area contributed by atoms with E-state index in [-0.39, 0.29) is 5.41 Å². The number of nitrogens with one attached hydrogen (secondary N) is 1. The van der Waals surface area contributed by atoms with Gasteiger partial charge in [-0.25, -0.2) is 15.0 Å². The van der Waals surface area contributed by atoms with Crippen LogP contribution in [0.3, 0.4) is 0 Å². The summed E-state index contributed by atoms with van der Waals surface area (Å²) in [5, 5.41) is 4.18. The molecule has 1 aliphatic rings. The molecule has 2 aromatic heterocycles. The normalized spacial score (nSPS) is 16.6. The maximum Gasteiger partial charge on any atom is 0.188 e. The van der Waals surface area contributed by atoms with E-state index in [1.54, 1.807) is 17.7 Å². The summed E-state index contributed by atoms with van der Waals surface area (Å²) >= 11 is 1.67. The smallest absolute Gasteiger partial charge is 0.188 e. The van der Waals surface area contributed by atoms with Crippen LogP contribution in [0.4, 0.5) is 16.8 Å². The first-order valence-corrected chi connectivity index (χ1v) is 8.72. The van der Waals surface area contributed by atoms with E-state index in [9.17, 15) is 0 Å². The lowest BCUT2D eigenvalue weighted by Crippen LogP contribution is -2.44. The van der Waals surface area contributed by atoms with Gasteiger partial charge in [-0.05, 0) is 12.5 Å². The fourth-order valence-corrected chi connectivity index (χ4v) is 3.29. The van der Waals surface area contributed by atoms with E-state index < -0.39 is 0 Å². The Bertz CT molecular complexity index is 655. The van der Waals surface area contributed by atoms with Crippen molar-refractivity contribution in [2.24, 2.45) is 0 Å². The summed E-state index contributed by atoms with van der Waals surface area (Å²) in [4.78, 5) is 19.1. The number of aromatic nitrogens is 3. The van der Waals surface area contributed by atoms with Gasteiger partial charge in [0.2, 0.25) is 0 Å². The number of anilines is 3. The minimum atomic E-state index is 0.119. The minimum Gasteiger partial charge on any atom is -0.354 e. The second kappa shape index (κ2) is 6.41. The van der Waals surface area contributed by atoms with E-state index in [1.807, 2.05) is 12.3 Å². The minimum absolute atomic E-state index is 0.119. The van der Waals surface area contributed by atoms with Crippen molar-refractivity contribution in [3.05, 3.63) is 23.5 Å². The molecule has 0 aromatic carbocycles. The molecule has 0 saturated carbocycles.